The molecule has 0 radical (unpaired) electrons. The molecule has 4 rings (SSSR count). The molecule has 1 aliphatic rings. The first-order valence-corrected chi connectivity index (χ1v) is 9.62. The average molecular weight is 358 g/mol. The number of anilines is 1. The van der Waals surface area contributed by atoms with Gasteiger partial charge in [-0.05, 0) is 35.4 Å². The minimum absolute atomic E-state index is 0.338. The van der Waals surface area contributed by atoms with Crippen LogP contribution in [0.3, 0.4) is 0 Å². The van der Waals surface area contributed by atoms with Crippen molar-refractivity contribution in [1.29, 1.82) is 0 Å². The Morgan fingerprint density at radius 2 is 1.79 bits per heavy atom. The van der Waals surface area contributed by atoms with E-state index >= 15 is 0 Å². The molecular formula is C19H20ClN3S. The Morgan fingerprint density at radius 3 is 2.50 bits per heavy atom. The largest absolute Gasteiger partial charge is 0.355 e. The van der Waals surface area contributed by atoms with E-state index in [4.69, 9.17) is 11.6 Å². The summed E-state index contributed by atoms with van der Waals surface area (Å²) in [6.45, 7) is 6.68. The average Bonchev–Trinajstić information content (AvgIpc) is 2.97. The molecule has 24 heavy (non-hydrogen) atoms. The summed E-state index contributed by atoms with van der Waals surface area (Å²) in [5, 5.41) is 3.65. The van der Waals surface area contributed by atoms with Gasteiger partial charge in [0, 0.05) is 24.0 Å². The summed E-state index contributed by atoms with van der Waals surface area (Å²) in [7, 11) is 0. The van der Waals surface area contributed by atoms with Gasteiger partial charge >= 0.3 is 0 Å². The molecule has 0 N–H and O–H groups in total. The lowest BCUT2D eigenvalue weighted by atomic mass is 9.91. The SMILES string of the molecule is CC1CC(C)CN(c2nc(Cl)nc3scc(-c4ccccc4)c23)C1. The minimum Gasteiger partial charge on any atom is -0.355 e. The molecular weight excluding hydrogens is 338 g/mol. The van der Waals surface area contributed by atoms with Gasteiger partial charge in [-0.15, -0.1) is 11.3 Å². The van der Waals surface area contributed by atoms with Crippen LogP contribution in [0.5, 0.6) is 0 Å². The number of hydrogen-bond donors (Lipinski definition) is 0. The number of nitrogens with zero attached hydrogens (tertiary/aromatic N) is 3. The van der Waals surface area contributed by atoms with Gasteiger partial charge in [0.05, 0.1) is 5.39 Å². The fourth-order valence-corrected chi connectivity index (χ4v) is 4.95. The van der Waals surface area contributed by atoms with Crippen LogP contribution in [0, 0.1) is 11.8 Å². The highest BCUT2D eigenvalue weighted by Gasteiger charge is 2.26. The Hall–Kier alpha value is -1.65. The summed E-state index contributed by atoms with van der Waals surface area (Å²) < 4.78 is 0. The molecule has 1 saturated heterocycles. The van der Waals surface area contributed by atoms with E-state index in [1.807, 2.05) is 6.07 Å². The Morgan fingerprint density at radius 1 is 1.08 bits per heavy atom. The van der Waals surface area contributed by atoms with Crippen molar-refractivity contribution in [3.63, 3.8) is 0 Å². The standard InChI is InChI=1S/C19H20ClN3S/c1-12-8-13(2)10-23(9-12)17-16-15(14-6-4-3-5-7-14)11-24-18(16)22-19(20)21-17/h3-7,11-13H,8-10H2,1-2H3. The predicted octanol–water partition coefficient (Wildman–Crippen LogP) is 5.49. The molecule has 0 bridgehead atoms. The number of aromatic nitrogens is 2. The Labute approximate surface area is 151 Å². The molecule has 0 spiro atoms. The molecule has 3 nitrogen and oxygen atoms in total. The van der Waals surface area contributed by atoms with E-state index in [9.17, 15) is 0 Å². The molecule has 1 aliphatic heterocycles. The summed E-state index contributed by atoms with van der Waals surface area (Å²) in [4.78, 5) is 12.5. The summed E-state index contributed by atoms with van der Waals surface area (Å²) in [5.74, 6) is 2.32. The molecule has 2 aromatic heterocycles. The molecule has 2 atom stereocenters. The van der Waals surface area contributed by atoms with Gasteiger partial charge in [-0.3, -0.25) is 0 Å². The van der Waals surface area contributed by atoms with Gasteiger partial charge in [-0.1, -0.05) is 44.2 Å². The maximum Gasteiger partial charge on any atom is 0.225 e. The zero-order valence-electron chi connectivity index (χ0n) is 13.9. The van der Waals surface area contributed by atoms with Crippen LogP contribution in [-0.2, 0) is 0 Å². The monoisotopic (exact) mass is 357 g/mol. The summed E-state index contributed by atoms with van der Waals surface area (Å²) in [5.41, 5.74) is 2.40. The lowest BCUT2D eigenvalue weighted by Gasteiger charge is -2.36. The van der Waals surface area contributed by atoms with Gasteiger partial charge in [0.25, 0.3) is 0 Å². The third kappa shape index (κ3) is 2.89. The van der Waals surface area contributed by atoms with Crippen molar-refractivity contribution in [3.05, 3.63) is 41.0 Å². The van der Waals surface area contributed by atoms with Crippen LogP contribution in [0.15, 0.2) is 35.7 Å². The van der Waals surface area contributed by atoms with Gasteiger partial charge in [-0.25, -0.2) is 4.98 Å². The van der Waals surface area contributed by atoms with Gasteiger partial charge < -0.3 is 4.90 Å². The van der Waals surface area contributed by atoms with Crippen molar-refractivity contribution in [2.45, 2.75) is 20.3 Å². The highest BCUT2D eigenvalue weighted by molar-refractivity contribution is 7.17. The molecule has 124 valence electrons. The maximum atomic E-state index is 6.23. The van der Waals surface area contributed by atoms with Gasteiger partial charge in [0.15, 0.2) is 0 Å². The molecule has 0 saturated carbocycles. The third-order valence-electron chi connectivity index (χ3n) is 4.64. The fourth-order valence-electron chi connectivity index (χ4n) is 3.79. The van der Waals surface area contributed by atoms with Crippen LogP contribution in [0.2, 0.25) is 5.28 Å². The third-order valence-corrected chi connectivity index (χ3v) is 5.68. The van der Waals surface area contributed by atoms with Crippen molar-refractivity contribution >= 4 is 39.0 Å². The van der Waals surface area contributed by atoms with Gasteiger partial charge in [0.1, 0.15) is 10.6 Å². The van der Waals surface area contributed by atoms with Crippen molar-refractivity contribution in [2.24, 2.45) is 11.8 Å². The van der Waals surface area contributed by atoms with Crippen LogP contribution in [0.4, 0.5) is 5.82 Å². The molecule has 1 fully saturated rings. The molecule has 0 amide bonds. The van der Waals surface area contributed by atoms with Crippen LogP contribution < -0.4 is 4.90 Å². The molecule has 3 heterocycles. The van der Waals surface area contributed by atoms with Crippen LogP contribution in [0.1, 0.15) is 20.3 Å². The van der Waals surface area contributed by atoms with E-state index in [1.54, 1.807) is 11.3 Å². The van der Waals surface area contributed by atoms with E-state index < -0.39 is 0 Å². The number of benzene rings is 1. The number of halogens is 1. The Kier molecular flexibility index (Phi) is 4.19. The summed E-state index contributed by atoms with van der Waals surface area (Å²) in [6, 6.07) is 10.5. The molecule has 5 heteroatoms. The van der Waals surface area contributed by atoms with E-state index in [-0.39, 0.29) is 0 Å². The van der Waals surface area contributed by atoms with E-state index in [1.165, 1.54) is 17.5 Å². The van der Waals surface area contributed by atoms with Crippen LogP contribution in [-0.4, -0.2) is 23.1 Å². The number of piperidine rings is 1. The van der Waals surface area contributed by atoms with Crippen molar-refractivity contribution < 1.29 is 0 Å². The first-order chi connectivity index (χ1) is 11.6. The van der Waals surface area contributed by atoms with Gasteiger partial charge in [-0.2, -0.15) is 4.98 Å². The quantitative estimate of drug-likeness (QED) is 0.567. The van der Waals surface area contributed by atoms with Crippen molar-refractivity contribution in [1.82, 2.24) is 9.97 Å². The van der Waals surface area contributed by atoms with E-state index in [0.717, 1.165) is 29.1 Å². The van der Waals surface area contributed by atoms with E-state index in [2.05, 4.69) is 58.4 Å². The van der Waals surface area contributed by atoms with Crippen LogP contribution >= 0.6 is 22.9 Å². The van der Waals surface area contributed by atoms with Crippen molar-refractivity contribution in [3.8, 4) is 11.1 Å². The first kappa shape index (κ1) is 15.9. The van der Waals surface area contributed by atoms with Gasteiger partial charge in [0.2, 0.25) is 5.28 Å². The zero-order valence-corrected chi connectivity index (χ0v) is 15.4. The predicted molar refractivity (Wildman–Crippen MR) is 103 cm³/mol. The normalized spacial score (nSPS) is 21.4. The molecule has 3 aromatic rings. The second kappa shape index (κ2) is 6.34. The molecule has 1 aromatic carbocycles. The van der Waals surface area contributed by atoms with Crippen molar-refractivity contribution in [2.75, 3.05) is 18.0 Å². The second-order valence-electron chi connectivity index (χ2n) is 6.86. The highest BCUT2D eigenvalue weighted by atomic mass is 35.5. The van der Waals surface area contributed by atoms with E-state index in [0.29, 0.717) is 17.1 Å². The number of fused-ring (bicyclic) bond motifs is 1. The summed E-state index contributed by atoms with van der Waals surface area (Å²) in [6.07, 6.45) is 1.27. The van der Waals surface area contributed by atoms with Crippen LogP contribution in [0.25, 0.3) is 21.3 Å². The number of hydrogen-bond acceptors (Lipinski definition) is 4. The number of rotatable bonds is 2. The molecule has 0 aliphatic carbocycles. The highest BCUT2D eigenvalue weighted by Crippen LogP contribution is 2.40. The topological polar surface area (TPSA) is 29.0 Å². The fraction of sp³-hybridized carbons (Fsp3) is 0.368. The zero-order chi connectivity index (χ0) is 16.7. The number of thiophene rings is 1. The Balaban J connectivity index is 1.89. The summed E-state index contributed by atoms with van der Waals surface area (Å²) >= 11 is 7.87. The lowest BCUT2D eigenvalue weighted by Crippen LogP contribution is -2.39. The Bertz CT molecular complexity index is 852. The molecule has 2 unspecified atom stereocenters. The first-order valence-electron chi connectivity index (χ1n) is 8.37. The lowest BCUT2D eigenvalue weighted by molar-refractivity contribution is 0.356. The second-order valence-corrected chi connectivity index (χ2v) is 8.06. The maximum absolute atomic E-state index is 6.23. The smallest absolute Gasteiger partial charge is 0.225 e. The minimum atomic E-state index is 0.338.